The van der Waals surface area contributed by atoms with Crippen molar-refractivity contribution < 1.29 is 23.8 Å². The average molecular weight is 408 g/mol. The third-order valence-electron chi connectivity index (χ3n) is 4.76. The maximum Gasteiger partial charge on any atom is 0.340 e. The van der Waals surface area contributed by atoms with Crippen LogP contribution < -0.4 is 9.47 Å². The van der Waals surface area contributed by atoms with Crippen molar-refractivity contribution in [3.05, 3.63) is 70.7 Å². The monoisotopic (exact) mass is 408 g/mol. The number of amides is 1. The lowest BCUT2D eigenvalue weighted by atomic mass is 10.0. The minimum Gasteiger partial charge on any atom is -0.493 e. The van der Waals surface area contributed by atoms with Crippen LogP contribution in [0.4, 0.5) is 0 Å². The standard InChI is InChI=1S/C23H24N2O5/c1-5-30-19-9-8-16(12-20(19)28-3)11-18-21(23(27)29-4)15(2)25(22(18)26)14-17-7-6-10-24-13-17/h6-13H,5,14H2,1-4H3/b18-11-. The van der Waals surface area contributed by atoms with Gasteiger partial charge in [-0.2, -0.15) is 0 Å². The molecule has 0 atom stereocenters. The zero-order chi connectivity index (χ0) is 21.7. The Morgan fingerprint density at radius 1 is 1.20 bits per heavy atom. The van der Waals surface area contributed by atoms with E-state index in [1.165, 1.54) is 7.11 Å². The number of hydrogen-bond donors (Lipinski definition) is 0. The SMILES string of the molecule is CCOc1ccc(/C=C2\C(=O)N(Cc3cccnc3)C(C)=C2C(=O)OC)cc1OC. The summed E-state index contributed by atoms with van der Waals surface area (Å²) in [7, 11) is 2.85. The van der Waals surface area contributed by atoms with Gasteiger partial charge < -0.3 is 19.1 Å². The fraction of sp³-hybridized carbons (Fsp3) is 0.261. The Balaban J connectivity index is 2.02. The first kappa shape index (κ1) is 21.1. The van der Waals surface area contributed by atoms with Crippen LogP contribution in [0.3, 0.4) is 0 Å². The van der Waals surface area contributed by atoms with Crippen molar-refractivity contribution in [2.75, 3.05) is 20.8 Å². The normalized spacial score (nSPS) is 15.0. The molecule has 1 amide bonds. The lowest BCUT2D eigenvalue weighted by Crippen LogP contribution is -2.24. The van der Waals surface area contributed by atoms with Crippen molar-refractivity contribution in [1.82, 2.24) is 9.88 Å². The molecule has 0 saturated heterocycles. The van der Waals surface area contributed by atoms with Crippen molar-refractivity contribution in [2.45, 2.75) is 20.4 Å². The summed E-state index contributed by atoms with van der Waals surface area (Å²) in [5, 5.41) is 0. The van der Waals surface area contributed by atoms with E-state index < -0.39 is 5.97 Å². The Bertz CT molecular complexity index is 1010. The number of carbonyl (C=O) groups excluding carboxylic acids is 2. The molecule has 0 unspecified atom stereocenters. The van der Waals surface area contributed by atoms with Crippen molar-refractivity contribution in [2.24, 2.45) is 0 Å². The van der Waals surface area contributed by atoms with E-state index in [0.29, 0.717) is 35.9 Å². The maximum atomic E-state index is 13.2. The predicted octanol–water partition coefficient (Wildman–Crippen LogP) is 3.36. The second-order valence-electron chi connectivity index (χ2n) is 6.61. The van der Waals surface area contributed by atoms with Gasteiger partial charge in [-0.15, -0.1) is 0 Å². The van der Waals surface area contributed by atoms with E-state index in [9.17, 15) is 9.59 Å². The summed E-state index contributed by atoms with van der Waals surface area (Å²) < 4.78 is 15.9. The maximum absolute atomic E-state index is 13.2. The summed E-state index contributed by atoms with van der Waals surface area (Å²) in [6.07, 6.45) is 5.03. The van der Waals surface area contributed by atoms with Crippen molar-refractivity contribution in [1.29, 1.82) is 0 Å². The van der Waals surface area contributed by atoms with Crippen LogP contribution in [0.5, 0.6) is 11.5 Å². The van der Waals surface area contributed by atoms with Crippen molar-refractivity contribution in [3.8, 4) is 11.5 Å². The first-order valence-electron chi connectivity index (χ1n) is 9.53. The number of esters is 1. The van der Waals surface area contributed by atoms with Gasteiger partial charge in [-0.1, -0.05) is 12.1 Å². The molecular weight excluding hydrogens is 384 g/mol. The van der Waals surface area contributed by atoms with Gasteiger partial charge in [-0.3, -0.25) is 9.78 Å². The Hall–Kier alpha value is -3.61. The number of methoxy groups -OCH3 is 2. The highest BCUT2D eigenvalue weighted by atomic mass is 16.5. The molecule has 0 saturated carbocycles. The summed E-state index contributed by atoms with van der Waals surface area (Å²) in [5.41, 5.74) is 2.63. The van der Waals surface area contributed by atoms with Gasteiger partial charge in [0.05, 0.1) is 38.5 Å². The van der Waals surface area contributed by atoms with Gasteiger partial charge in [0, 0.05) is 18.1 Å². The fourth-order valence-electron chi connectivity index (χ4n) is 3.31. The van der Waals surface area contributed by atoms with Crippen molar-refractivity contribution >= 4 is 18.0 Å². The smallest absolute Gasteiger partial charge is 0.340 e. The number of carbonyl (C=O) groups is 2. The van der Waals surface area contributed by atoms with Crippen LogP contribution in [0.2, 0.25) is 0 Å². The Kier molecular flexibility index (Phi) is 6.51. The zero-order valence-corrected chi connectivity index (χ0v) is 17.5. The summed E-state index contributed by atoms with van der Waals surface area (Å²) in [6.45, 7) is 4.44. The number of aromatic nitrogens is 1. The van der Waals surface area contributed by atoms with Gasteiger partial charge in [-0.05, 0) is 49.2 Å². The van der Waals surface area contributed by atoms with E-state index >= 15 is 0 Å². The molecule has 0 spiro atoms. The van der Waals surface area contributed by atoms with E-state index in [0.717, 1.165) is 5.56 Å². The van der Waals surface area contributed by atoms with Crippen LogP contribution in [-0.2, 0) is 20.9 Å². The number of pyridine rings is 1. The minimum absolute atomic E-state index is 0.249. The molecule has 1 aromatic heterocycles. The number of nitrogens with zero attached hydrogens (tertiary/aromatic N) is 2. The molecule has 2 heterocycles. The van der Waals surface area contributed by atoms with Gasteiger partial charge in [0.25, 0.3) is 5.91 Å². The molecular formula is C23H24N2O5. The second kappa shape index (κ2) is 9.26. The number of hydrogen-bond acceptors (Lipinski definition) is 6. The highest BCUT2D eigenvalue weighted by molar-refractivity contribution is 6.16. The molecule has 0 N–H and O–H groups in total. The Morgan fingerprint density at radius 3 is 2.63 bits per heavy atom. The largest absolute Gasteiger partial charge is 0.493 e. The number of benzene rings is 1. The molecule has 0 fully saturated rings. The average Bonchev–Trinajstić information content (AvgIpc) is 2.99. The topological polar surface area (TPSA) is 78.0 Å². The lowest BCUT2D eigenvalue weighted by Gasteiger charge is -2.17. The predicted molar refractivity (Wildman–Crippen MR) is 112 cm³/mol. The third-order valence-corrected chi connectivity index (χ3v) is 4.76. The minimum atomic E-state index is -0.557. The number of rotatable bonds is 7. The van der Waals surface area contributed by atoms with E-state index in [-0.39, 0.29) is 17.1 Å². The van der Waals surface area contributed by atoms with Crippen LogP contribution in [-0.4, -0.2) is 42.6 Å². The molecule has 1 aromatic carbocycles. The second-order valence-corrected chi connectivity index (χ2v) is 6.61. The first-order valence-corrected chi connectivity index (χ1v) is 9.53. The van der Waals surface area contributed by atoms with E-state index in [2.05, 4.69) is 4.98 Å². The van der Waals surface area contributed by atoms with Gasteiger partial charge >= 0.3 is 5.97 Å². The molecule has 1 aliphatic rings. The van der Waals surface area contributed by atoms with E-state index in [1.807, 2.05) is 19.1 Å². The van der Waals surface area contributed by atoms with Gasteiger partial charge in [0.2, 0.25) is 0 Å². The van der Waals surface area contributed by atoms with Crippen LogP contribution in [0, 0.1) is 0 Å². The van der Waals surface area contributed by atoms with Gasteiger partial charge in [0.1, 0.15) is 0 Å². The van der Waals surface area contributed by atoms with Crippen molar-refractivity contribution in [3.63, 3.8) is 0 Å². The summed E-state index contributed by atoms with van der Waals surface area (Å²) in [5.74, 6) is 0.325. The van der Waals surface area contributed by atoms with Crippen LogP contribution >= 0.6 is 0 Å². The van der Waals surface area contributed by atoms with Crippen LogP contribution in [0.1, 0.15) is 25.0 Å². The third kappa shape index (κ3) is 4.20. The highest BCUT2D eigenvalue weighted by Gasteiger charge is 2.37. The molecule has 7 heteroatoms. The van der Waals surface area contributed by atoms with E-state index in [1.54, 1.807) is 55.6 Å². The van der Waals surface area contributed by atoms with Gasteiger partial charge in [-0.25, -0.2) is 4.79 Å². The van der Waals surface area contributed by atoms with Crippen LogP contribution in [0.15, 0.2) is 59.6 Å². The molecule has 2 aromatic rings. The Morgan fingerprint density at radius 2 is 2.00 bits per heavy atom. The Labute approximate surface area is 175 Å². The highest BCUT2D eigenvalue weighted by Crippen LogP contribution is 2.34. The quantitative estimate of drug-likeness (QED) is 0.516. The van der Waals surface area contributed by atoms with Gasteiger partial charge in [0.15, 0.2) is 11.5 Å². The molecule has 7 nitrogen and oxygen atoms in total. The zero-order valence-electron chi connectivity index (χ0n) is 17.5. The summed E-state index contributed by atoms with van der Waals surface area (Å²) in [6, 6.07) is 9.03. The van der Waals surface area contributed by atoms with Crippen LogP contribution in [0.25, 0.3) is 6.08 Å². The lowest BCUT2D eigenvalue weighted by molar-refractivity contribution is -0.136. The molecule has 30 heavy (non-hydrogen) atoms. The first-order chi connectivity index (χ1) is 14.5. The fourth-order valence-corrected chi connectivity index (χ4v) is 3.31. The molecule has 0 aliphatic carbocycles. The molecule has 3 rings (SSSR count). The number of ether oxygens (including phenoxy) is 3. The molecule has 0 bridgehead atoms. The molecule has 156 valence electrons. The van der Waals surface area contributed by atoms with E-state index in [4.69, 9.17) is 14.2 Å². The molecule has 0 radical (unpaired) electrons. The molecule has 1 aliphatic heterocycles. The summed E-state index contributed by atoms with van der Waals surface area (Å²) >= 11 is 0. The summed E-state index contributed by atoms with van der Waals surface area (Å²) in [4.78, 5) is 31.3. The number of allylic oxidation sites excluding steroid dienone is 1.